The minimum absolute atomic E-state index is 0.942. The third-order valence-electron chi connectivity index (χ3n) is 3.69. The normalized spacial score (nSPS) is 12.5. The highest BCUT2D eigenvalue weighted by atomic mass is 16.5. The van der Waals surface area contributed by atoms with Crippen molar-refractivity contribution in [1.29, 1.82) is 0 Å². The van der Waals surface area contributed by atoms with Gasteiger partial charge in [0.25, 0.3) is 0 Å². The summed E-state index contributed by atoms with van der Waals surface area (Å²) in [4.78, 5) is 2.36. The molecule has 1 aliphatic rings. The van der Waals surface area contributed by atoms with E-state index in [0.717, 1.165) is 48.9 Å². The predicted octanol–water partition coefficient (Wildman–Crippen LogP) is 4.32. The third-order valence-corrected chi connectivity index (χ3v) is 3.69. The molecule has 0 atom stereocenters. The van der Waals surface area contributed by atoms with Crippen LogP contribution in [0.3, 0.4) is 0 Å². The lowest BCUT2D eigenvalue weighted by Crippen LogP contribution is -2.26. The number of ether oxygens (including phenoxy) is 1. The van der Waals surface area contributed by atoms with Gasteiger partial charge in [0, 0.05) is 6.54 Å². The van der Waals surface area contributed by atoms with Gasteiger partial charge >= 0.3 is 0 Å². The second-order valence-corrected chi connectivity index (χ2v) is 5.29. The first-order valence-corrected chi connectivity index (χ1v) is 7.74. The zero-order valence-electron chi connectivity index (χ0n) is 12.5. The zero-order valence-corrected chi connectivity index (χ0v) is 12.5. The van der Waals surface area contributed by atoms with Crippen molar-refractivity contribution in [2.24, 2.45) is 0 Å². The molecule has 3 nitrogen and oxygen atoms in total. The molecule has 0 bridgehead atoms. The van der Waals surface area contributed by atoms with Crippen LogP contribution in [-0.4, -0.2) is 19.6 Å². The first-order chi connectivity index (χ1) is 10.4. The molecule has 0 saturated carbocycles. The summed E-state index contributed by atoms with van der Waals surface area (Å²) in [5.74, 6) is 1.88. The maximum absolute atomic E-state index is 6.00. The second-order valence-electron chi connectivity index (χ2n) is 5.29. The molecule has 0 aliphatic carbocycles. The lowest BCUT2D eigenvalue weighted by atomic mass is 10.1. The number of nitrogens with zero attached hydrogens (tertiary/aromatic N) is 1. The van der Waals surface area contributed by atoms with E-state index < -0.39 is 0 Å². The molecule has 1 heterocycles. The van der Waals surface area contributed by atoms with Crippen LogP contribution < -0.4 is 15.0 Å². The fourth-order valence-corrected chi connectivity index (χ4v) is 2.69. The third kappa shape index (κ3) is 3.03. The van der Waals surface area contributed by atoms with Crippen molar-refractivity contribution in [2.45, 2.75) is 19.8 Å². The van der Waals surface area contributed by atoms with Crippen LogP contribution in [0, 0.1) is 0 Å². The number of hydrogen-bond donors (Lipinski definition) is 1. The Morgan fingerprint density at radius 2 is 1.52 bits per heavy atom. The average Bonchev–Trinajstić information content (AvgIpc) is 2.53. The molecule has 1 N–H and O–H groups in total. The van der Waals surface area contributed by atoms with Gasteiger partial charge in [-0.1, -0.05) is 31.2 Å². The molecule has 0 unspecified atom stereocenters. The highest BCUT2D eigenvalue weighted by Gasteiger charge is 2.22. The van der Waals surface area contributed by atoms with Crippen LogP contribution in [0.1, 0.15) is 19.8 Å². The Kier molecular flexibility index (Phi) is 4.41. The average molecular weight is 282 g/mol. The van der Waals surface area contributed by atoms with Crippen LogP contribution >= 0.6 is 0 Å². The number of anilines is 2. The molecule has 21 heavy (non-hydrogen) atoms. The summed E-state index contributed by atoms with van der Waals surface area (Å²) in [5, 5.41) is 3.46. The van der Waals surface area contributed by atoms with Gasteiger partial charge in [0.1, 0.15) is 0 Å². The maximum Gasteiger partial charge on any atom is 0.151 e. The molecule has 3 rings (SSSR count). The first-order valence-electron chi connectivity index (χ1n) is 7.74. The number of para-hydroxylation sites is 4. The van der Waals surface area contributed by atoms with E-state index in [9.17, 15) is 0 Å². The van der Waals surface area contributed by atoms with Gasteiger partial charge in [-0.25, -0.2) is 0 Å². The standard InChI is InChI=1S/C18H22N2O/c1-2-12-19-13-7-14-20-15-8-3-5-10-17(15)21-18-11-6-4-9-16(18)20/h3-6,8-11,19H,2,7,12-14H2,1H3. The highest BCUT2D eigenvalue weighted by Crippen LogP contribution is 2.46. The Morgan fingerprint density at radius 3 is 2.14 bits per heavy atom. The van der Waals surface area contributed by atoms with Crippen LogP contribution in [0.5, 0.6) is 11.5 Å². The van der Waals surface area contributed by atoms with Crippen LogP contribution in [0.2, 0.25) is 0 Å². The van der Waals surface area contributed by atoms with Crippen LogP contribution in [0.15, 0.2) is 48.5 Å². The van der Waals surface area contributed by atoms with Gasteiger partial charge in [-0.2, -0.15) is 0 Å². The van der Waals surface area contributed by atoms with Gasteiger partial charge in [0.15, 0.2) is 11.5 Å². The molecule has 2 aromatic carbocycles. The smallest absolute Gasteiger partial charge is 0.151 e. The molecule has 0 aromatic heterocycles. The van der Waals surface area contributed by atoms with Crippen LogP contribution in [-0.2, 0) is 0 Å². The molecular weight excluding hydrogens is 260 g/mol. The molecule has 0 fully saturated rings. The molecule has 0 amide bonds. The van der Waals surface area contributed by atoms with E-state index in [1.54, 1.807) is 0 Å². The van der Waals surface area contributed by atoms with Crippen molar-refractivity contribution in [1.82, 2.24) is 5.32 Å². The van der Waals surface area contributed by atoms with Gasteiger partial charge in [-0.15, -0.1) is 0 Å². The Bertz CT molecular complexity index is 552. The summed E-state index contributed by atoms with van der Waals surface area (Å²) in [6.45, 7) is 5.33. The molecule has 0 radical (unpaired) electrons. The van der Waals surface area contributed by atoms with E-state index in [4.69, 9.17) is 4.74 Å². The van der Waals surface area contributed by atoms with E-state index in [-0.39, 0.29) is 0 Å². The largest absolute Gasteiger partial charge is 0.453 e. The molecule has 3 heteroatoms. The van der Waals surface area contributed by atoms with Gasteiger partial charge in [0.2, 0.25) is 0 Å². The molecule has 0 spiro atoms. The van der Waals surface area contributed by atoms with E-state index in [1.165, 1.54) is 6.42 Å². The SMILES string of the molecule is CCCNCCCN1c2ccccc2Oc2ccccc21. The first kappa shape index (κ1) is 14.0. The van der Waals surface area contributed by atoms with E-state index in [2.05, 4.69) is 41.4 Å². The van der Waals surface area contributed by atoms with E-state index in [0.29, 0.717) is 0 Å². The summed E-state index contributed by atoms with van der Waals surface area (Å²) in [5.41, 5.74) is 2.32. The van der Waals surface area contributed by atoms with Crippen LogP contribution in [0.4, 0.5) is 11.4 Å². The molecular formula is C18H22N2O. The van der Waals surface area contributed by atoms with Gasteiger partial charge in [-0.05, 0) is 50.2 Å². The summed E-state index contributed by atoms with van der Waals surface area (Å²) in [6, 6.07) is 16.5. The number of hydrogen-bond acceptors (Lipinski definition) is 3. The molecule has 0 saturated heterocycles. The number of benzene rings is 2. The van der Waals surface area contributed by atoms with E-state index in [1.807, 2.05) is 24.3 Å². The lowest BCUT2D eigenvalue weighted by Gasteiger charge is -2.32. The van der Waals surface area contributed by atoms with Gasteiger partial charge in [-0.3, -0.25) is 0 Å². The number of nitrogens with one attached hydrogen (secondary N) is 1. The monoisotopic (exact) mass is 282 g/mol. The van der Waals surface area contributed by atoms with Crippen molar-refractivity contribution in [3.63, 3.8) is 0 Å². The van der Waals surface area contributed by atoms with Gasteiger partial charge < -0.3 is 15.0 Å². The summed E-state index contributed by atoms with van der Waals surface area (Å²) in [7, 11) is 0. The fraction of sp³-hybridized carbons (Fsp3) is 0.333. The summed E-state index contributed by atoms with van der Waals surface area (Å²) >= 11 is 0. The summed E-state index contributed by atoms with van der Waals surface area (Å²) in [6.07, 6.45) is 2.30. The Balaban J connectivity index is 1.78. The number of rotatable bonds is 6. The maximum atomic E-state index is 6.00. The van der Waals surface area contributed by atoms with Crippen molar-refractivity contribution in [3.05, 3.63) is 48.5 Å². The minimum Gasteiger partial charge on any atom is -0.453 e. The highest BCUT2D eigenvalue weighted by molar-refractivity contribution is 5.77. The second kappa shape index (κ2) is 6.64. The van der Waals surface area contributed by atoms with Crippen LogP contribution in [0.25, 0.3) is 0 Å². The quantitative estimate of drug-likeness (QED) is 0.799. The van der Waals surface area contributed by atoms with Gasteiger partial charge in [0.05, 0.1) is 11.4 Å². The Hall–Kier alpha value is -2.00. The van der Waals surface area contributed by atoms with Crippen molar-refractivity contribution in [2.75, 3.05) is 24.5 Å². The molecule has 110 valence electrons. The minimum atomic E-state index is 0.942. The van der Waals surface area contributed by atoms with E-state index >= 15 is 0 Å². The van der Waals surface area contributed by atoms with Crippen molar-refractivity contribution in [3.8, 4) is 11.5 Å². The molecule has 1 aliphatic heterocycles. The van der Waals surface area contributed by atoms with Crippen molar-refractivity contribution < 1.29 is 4.74 Å². The Labute approximate surface area is 126 Å². The lowest BCUT2D eigenvalue weighted by molar-refractivity contribution is 0.472. The topological polar surface area (TPSA) is 24.5 Å². The summed E-state index contributed by atoms with van der Waals surface area (Å²) < 4.78 is 6.00. The predicted molar refractivity (Wildman–Crippen MR) is 87.7 cm³/mol. The Morgan fingerprint density at radius 1 is 0.905 bits per heavy atom. The zero-order chi connectivity index (χ0) is 14.5. The number of fused-ring (bicyclic) bond motifs is 2. The molecule has 2 aromatic rings. The fourth-order valence-electron chi connectivity index (χ4n) is 2.69. The van der Waals surface area contributed by atoms with Crippen molar-refractivity contribution >= 4 is 11.4 Å².